The molecule has 6 nitrogen and oxygen atoms in total. The van der Waals surface area contributed by atoms with Crippen molar-refractivity contribution in [1.29, 1.82) is 0 Å². The van der Waals surface area contributed by atoms with Crippen LogP contribution in [0.4, 0.5) is 0 Å². The van der Waals surface area contributed by atoms with Crippen LogP contribution in [0.1, 0.15) is 63.3 Å². The molecule has 2 aromatic rings. The minimum absolute atomic E-state index is 0.0531. The highest BCUT2D eigenvalue weighted by molar-refractivity contribution is 5.97. The number of hydrogen-bond acceptors (Lipinski definition) is 6. The summed E-state index contributed by atoms with van der Waals surface area (Å²) < 4.78 is 17.7. The molecule has 1 aliphatic rings. The minimum atomic E-state index is -0.884. The van der Waals surface area contributed by atoms with Gasteiger partial charge in [-0.05, 0) is 44.4 Å². The molecule has 0 bridgehead atoms. The van der Waals surface area contributed by atoms with Gasteiger partial charge in [0.2, 0.25) is 0 Å². The van der Waals surface area contributed by atoms with E-state index in [1.54, 1.807) is 0 Å². The average Bonchev–Trinajstić information content (AvgIpc) is 2.64. The standard InChI is InChI=1S/C22H28O6/c1-5-7-13-12-16(25)27-21-17(13)20-14(8-9-22(3,4)28-20)19(26-11-10-23)18(21)15(24)6-2/h8-9,12,15,23-24H,5-7,10-11H2,1-4H3. The van der Waals surface area contributed by atoms with Gasteiger partial charge in [0, 0.05) is 6.07 Å². The summed E-state index contributed by atoms with van der Waals surface area (Å²) in [6.07, 6.45) is 4.90. The van der Waals surface area contributed by atoms with Crippen molar-refractivity contribution in [2.24, 2.45) is 0 Å². The van der Waals surface area contributed by atoms with Crippen LogP contribution >= 0.6 is 0 Å². The van der Waals surface area contributed by atoms with E-state index in [1.165, 1.54) is 6.07 Å². The molecule has 28 heavy (non-hydrogen) atoms. The first-order chi connectivity index (χ1) is 13.3. The van der Waals surface area contributed by atoms with Gasteiger partial charge in [-0.2, -0.15) is 0 Å². The summed E-state index contributed by atoms with van der Waals surface area (Å²) in [6.45, 7) is 7.65. The van der Waals surface area contributed by atoms with E-state index in [9.17, 15) is 15.0 Å². The highest BCUT2D eigenvalue weighted by atomic mass is 16.5. The van der Waals surface area contributed by atoms with Crippen LogP contribution in [0.5, 0.6) is 11.5 Å². The maximum Gasteiger partial charge on any atom is 0.336 e. The Morgan fingerprint density at radius 2 is 2.04 bits per heavy atom. The first kappa shape index (κ1) is 20.4. The molecule has 1 aromatic carbocycles. The van der Waals surface area contributed by atoms with E-state index in [-0.39, 0.29) is 13.2 Å². The molecule has 1 aliphatic heterocycles. The summed E-state index contributed by atoms with van der Waals surface area (Å²) >= 11 is 0. The highest BCUT2D eigenvalue weighted by Gasteiger charge is 2.32. The second kappa shape index (κ2) is 7.97. The molecule has 0 aliphatic carbocycles. The van der Waals surface area contributed by atoms with Gasteiger partial charge < -0.3 is 24.1 Å². The number of aliphatic hydroxyl groups is 2. The number of fused-ring (bicyclic) bond motifs is 3. The van der Waals surface area contributed by atoms with Crippen molar-refractivity contribution in [2.45, 2.75) is 58.7 Å². The summed E-state index contributed by atoms with van der Waals surface area (Å²) in [5, 5.41) is 20.7. The Hall–Kier alpha value is -2.31. The lowest BCUT2D eigenvalue weighted by Crippen LogP contribution is -2.28. The van der Waals surface area contributed by atoms with Crippen LogP contribution in [0.25, 0.3) is 17.0 Å². The molecule has 3 rings (SSSR count). The molecule has 0 saturated heterocycles. The molecule has 0 radical (unpaired) electrons. The quantitative estimate of drug-likeness (QED) is 0.703. The van der Waals surface area contributed by atoms with Crippen LogP contribution < -0.4 is 15.1 Å². The van der Waals surface area contributed by atoms with Crippen LogP contribution in [0.3, 0.4) is 0 Å². The minimum Gasteiger partial charge on any atom is -0.490 e. The van der Waals surface area contributed by atoms with Crippen molar-refractivity contribution in [3.05, 3.63) is 39.3 Å². The van der Waals surface area contributed by atoms with Gasteiger partial charge >= 0.3 is 5.63 Å². The Labute approximate surface area is 164 Å². The van der Waals surface area contributed by atoms with Gasteiger partial charge in [-0.25, -0.2) is 4.79 Å². The molecule has 0 saturated carbocycles. The van der Waals surface area contributed by atoms with E-state index < -0.39 is 17.3 Å². The van der Waals surface area contributed by atoms with Gasteiger partial charge in [0.15, 0.2) is 5.58 Å². The molecule has 0 spiro atoms. The van der Waals surface area contributed by atoms with Crippen molar-refractivity contribution in [3.8, 4) is 11.5 Å². The molecule has 6 heteroatoms. The van der Waals surface area contributed by atoms with E-state index in [0.29, 0.717) is 46.4 Å². The third-order valence-corrected chi connectivity index (χ3v) is 4.84. The van der Waals surface area contributed by atoms with Gasteiger partial charge in [-0.1, -0.05) is 20.3 Å². The number of aryl methyl sites for hydroxylation is 1. The molecule has 0 amide bonds. The molecule has 1 unspecified atom stereocenters. The zero-order chi connectivity index (χ0) is 20.5. The summed E-state index contributed by atoms with van der Waals surface area (Å²) in [7, 11) is 0. The predicted molar refractivity (Wildman–Crippen MR) is 108 cm³/mol. The second-order valence-corrected chi connectivity index (χ2v) is 7.57. The summed E-state index contributed by atoms with van der Waals surface area (Å²) in [5.41, 5.74) is 1.22. The van der Waals surface area contributed by atoms with E-state index in [1.807, 2.05) is 39.8 Å². The van der Waals surface area contributed by atoms with Crippen LogP contribution in [0, 0.1) is 0 Å². The predicted octanol–water partition coefficient (Wildman–Crippen LogP) is 3.74. The Balaban J connectivity index is 2.48. The molecular formula is C22H28O6. The van der Waals surface area contributed by atoms with Crippen molar-refractivity contribution in [1.82, 2.24) is 0 Å². The number of aliphatic hydroxyl groups excluding tert-OH is 2. The Morgan fingerprint density at radius 1 is 1.29 bits per heavy atom. The average molecular weight is 388 g/mol. The lowest BCUT2D eigenvalue weighted by Gasteiger charge is -2.31. The SMILES string of the molecule is CCCc1cc(=O)oc2c(C(O)CC)c(OCCO)c3c(c12)OC(C)(C)C=C3. The lowest BCUT2D eigenvalue weighted by molar-refractivity contribution is 0.151. The Bertz CT molecular complexity index is 954. The Kier molecular flexibility index (Phi) is 5.82. The van der Waals surface area contributed by atoms with E-state index in [4.69, 9.17) is 13.9 Å². The number of hydrogen-bond donors (Lipinski definition) is 2. The summed E-state index contributed by atoms with van der Waals surface area (Å²) in [5.74, 6) is 0.962. The van der Waals surface area contributed by atoms with Crippen molar-refractivity contribution >= 4 is 17.0 Å². The summed E-state index contributed by atoms with van der Waals surface area (Å²) in [4.78, 5) is 12.3. The summed E-state index contributed by atoms with van der Waals surface area (Å²) in [6, 6.07) is 1.50. The van der Waals surface area contributed by atoms with E-state index >= 15 is 0 Å². The smallest absolute Gasteiger partial charge is 0.336 e. The van der Waals surface area contributed by atoms with Crippen molar-refractivity contribution in [3.63, 3.8) is 0 Å². The van der Waals surface area contributed by atoms with Crippen LogP contribution in [-0.4, -0.2) is 29.0 Å². The molecule has 2 heterocycles. The third kappa shape index (κ3) is 3.66. The van der Waals surface area contributed by atoms with Crippen LogP contribution in [0.2, 0.25) is 0 Å². The maximum absolute atomic E-state index is 12.3. The molecule has 0 fully saturated rings. The molecule has 1 aromatic heterocycles. The van der Waals surface area contributed by atoms with Gasteiger partial charge in [0.25, 0.3) is 0 Å². The maximum atomic E-state index is 12.3. The van der Waals surface area contributed by atoms with Crippen LogP contribution in [-0.2, 0) is 6.42 Å². The zero-order valence-corrected chi connectivity index (χ0v) is 16.9. The number of benzene rings is 1. The van der Waals surface area contributed by atoms with Gasteiger partial charge in [-0.3, -0.25) is 0 Å². The van der Waals surface area contributed by atoms with Crippen LogP contribution in [0.15, 0.2) is 21.4 Å². The van der Waals surface area contributed by atoms with E-state index in [0.717, 1.165) is 12.0 Å². The molecule has 2 N–H and O–H groups in total. The van der Waals surface area contributed by atoms with Gasteiger partial charge in [-0.15, -0.1) is 0 Å². The third-order valence-electron chi connectivity index (χ3n) is 4.84. The second-order valence-electron chi connectivity index (χ2n) is 7.57. The van der Waals surface area contributed by atoms with E-state index in [2.05, 4.69) is 0 Å². The fourth-order valence-electron chi connectivity index (χ4n) is 3.58. The van der Waals surface area contributed by atoms with Gasteiger partial charge in [0.05, 0.1) is 29.2 Å². The first-order valence-corrected chi connectivity index (χ1v) is 9.79. The lowest BCUT2D eigenvalue weighted by atomic mass is 9.91. The Morgan fingerprint density at radius 3 is 2.68 bits per heavy atom. The number of ether oxygens (including phenoxy) is 2. The number of rotatable bonds is 7. The van der Waals surface area contributed by atoms with Gasteiger partial charge in [0.1, 0.15) is 23.7 Å². The molecule has 1 atom stereocenters. The fourth-order valence-corrected chi connectivity index (χ4v) is 3.58. The first-order valence-electron chi connectivity index (χ1n) is 9.79. The normalized spacial score (nSPS) is 15.9. The highest BCUT2D eigenvalue weighted by Crippen LogP contribution is 2.48. The monoisotopic (exact) mass is 388 g/mol. The fraction of sp³-hybridized carbons (Fsp3) is 0.500. The van der Waals surface area contributed by atoms with Crippen molar-refractivity contribution in [2.75, 3.05) is 13.2 Å². The molecule has 152 valence electrons. The topological polar surface area (TPSA) is 89.1 Å². The zero-order valence-electron chi connectivity index (χ0n) is 16.9. The van der Waals surface area contributed by atoms with Crippen molar-refractivity contribution < 1.29 is 24.1 Å². The molecular weight excluding hydrogens is 360 g/mol. The largest absolute Gasteiger partial charge is 0.490 e.